The van der Waals surface area contributed by atoms with Crippen molar-refractivity contribution >= 4 is 16.5 Å². The summed E-state index contributed by atoms with van der Waals surface area (Å²) in [5, 5.41) is 11.6. The first kappa shape index (κ1) is 18.2. The molecule has 0 bridgehead atoms. The summed E-state index contributed by atoms with van der Waals surface area (Å²) >= 11 is 0. The molecule has 5 rings (SSSR count). The Balaban J connectivity index is 1.53. The zero-order valence-corrected chi connectivity index (χ0v) is 16.8. The Labute approximate surface area is 171 Å². The Bertz CT molecular complexity index is 1090. The fourth-order valence-electron chi connectivity index (χ4n) is 4.69. The van der Waals surface area contributed by atoms with E-state index in [2.05, 4.69) is 59.3 Å². The molecule has 1 fully saturated rings. The minimum Gasteiger partial charge on any atom is -0.378 e. The largest absolute Gasteiger partial charge is 0.378 e. The number of fused-ring (bicyclic) bond motifs is 2. The lowest BCUT2D eigenvalue weighted by Gasteiger charge is -2.35. The second-order valence-corrected chi connectivity index (χ2v) is 8.17. The van der Waals surface area contributed by atoms with Gasteiger partial charge in [-0.25, -0.2) is 0 Å². The molecule has 3 aromatic rings. The van der Waals surface area contributed by atoms with Crippen molar-refractivity contribution in [2.45, 2.75) is 12.5 Å². The highest BCUT2D eigenvalue weighted by Crippen LogP contribution is 2.36. The maximum atomic E-state index is 9.24. The highest BCUT2D eigenvalue weighted by atomic mass is 16.5. The number of nitrogens with zero attached hydrogens (tertiary/aromatic N) is 3. The van der Waals surface area contributed by atoms with Crippen LogP contribution in [0.15, 0.2) is 54.6 Å². The molecule has 4 nitrogen and oxygen atoms in total. The van der Waals surface area contributed by atoms with E-state index in [0.29, 0.717) is 11.5 Å². The number of rotatable bonds is 2. The molecule has 3 aromatic carbocycles. The quantitative estimate of drug-likeness (QED) is 0.667. The summed E-state index contributed by atoms with van der Waals surface area (Å²) < 4.78 is 5.51. The van der Waals surface area contributed by atoms with Gasteiger partial charge in [0.2, 0.25) is 0 Å². The van der Waals surface area contributed by atoms with Gasteiger partial charge in [-0.05, 0) is 58.8 Å². The number of ether oxygens (including phenoxy) is 1. The van der Waals surface area contributed by atoms with Crippen LogP contribution in [-0.2, 0) is 11.3 Å². The summed E-state index contributed by atoms with van der Waals surface area (Å²) in [6.07, 6.45) is 0. The van der Waals surface area contributed by atoms with Gasteiger partial charge in [-0.1, -0.05) is 30.3 Å². The minimum absolute atomic E-state index is 0.345. The molecular formula is C25H25N3O. The van der Waals surface area contributed by atoms with Gasteiger partial charge >= 0.3 is 0 Å². The third-order valence-corrected chi connectivity index (χ3v) is 6.21. The monoisotopic (exact) mass is 383 g/mol. The van der Waals surface area contributed by atoms with E-state index in [0.717, 1.165) is 44.8 Å². The van der Waals surface area contributed by atoms with Crippen LogP contribution >= 0.6 is 0 Å². The van der Waals surface area contributed by atoms with E-state index >= 15 is 0 Å². The van der Waals surface area contributed by atoms with Crippen LogP contribution in [0.4, 0.5) is 5.69 Å². The molecule has 2 heterocycles. The van der Waals surface area contributed by atoms with Crippen LogP contribution in [-0.4, -0.2) is 44.8 Å². The van der Waals surface area contributed by atoms with Gasteiger partial charge in [0.15, 0.2) is 0 Å². The van der Waals surface area contributed by atoms with Crippen LogP contribution in [0.25, 0.3) is 10.8 Å². The molecule has 0 saturated carbocycles. The second kappa shape index (κ2) is 7.51. The van der Waals surface area contributed by atoms with Crippen molar-refractivity contribution in [2.75, 3.05) is 44.8 Å². The van der Waals surface area contributed by atoms with Crippen LogP contribution < -0.4 is 4.90 Å². The van der Waals surface area contributed by atoms with Gasteiger partial charge in [0.05, 0.1) is 24.8 Å². The van der Waals surface area contributed by atoms with Gasteiger partial charge in [0.1, 0.15) is 0 Å². The molecule has 0 N–H and O–H groups in total. The fraction of sp³-hybridized carbons (Fsp3) is 0.320. The second-order valence-electron chi connectivity index (χ2n) is 8.17. The third-order valence-electron chi connectivity index (χ3n) is 6.21. The predicted molar refractivity (Wildman–Crippen MR) is 116 cm³/mol. The molecule has 0 spiro atoms. The van der Waals surface area contributed by atoms with Crippen molar-refractivity contribution in [3.05, 3.63) is 76.9 Å². The number of benzene rings is 3. The molecule has 0 amide bonds. The summed E-state index contributed by atoms with van der Waals surface area (Å²) in [5.74, 6) is 0.345. The molecule has 0 radical (unpaired) electrons. The summed E-state index contributed by atoms with van der Waals surface area (Å²) in [5.41, 5.74) is 6.18. The predicted octanol–water partition coefficient (Wildman–Crippen LogP) is 4.13. The van der Waals surface area contributed by atoms with Gasteiger partial charge < -0.3 is 14.5 Å². The molecule has 29 heavy (non-hydrogen) atoms. The molecule has 0 aliphatic carbocycles. The molecule has 1 saturated heterocycles. The van der Waals surface area contributed by atoms with Gasteiger partial charge in [-0.15, -0.1) is 0 Å². The zero-order valence-electron chi connectivity index (χ0n) is 16.8. The molecule has 0 aromatic heterocycles. The van der Waals surface area contributed by atoms with Crippen LogP contribution in [0.5, 0.6) is 0 Å². The first-order valence-electron chi connectivity index (χ1n) is 10.3. The third kappa shape index (κ3) is 3.48. The maximum absolute atomic E-state index is 9.24. The zero-order chi connectivity index (χ0) is 19.8. The lowest BCUT2D eigenvalue weighted by atomic mass is 9.83. The van der Waals surface area contributed by atoms with E-state index in [-0.39, 0.29) is 0 Å². The molecular weight excluding hydrogens is 358 g/mol. The average molecular weight is 383 g/mol. The molecule has 146 valence electrons. The van der Waals surface area contributed by atoms with Gasteiger partial charge in [0, 0.05) is 37.8 Å². The van der Waals surface area contributed by atoms with Crippen molar-refractivity contribution < 1.29 is 4.74 Å². The van der Waals surface area contributed by atoms with E-state index in [4.69, 9.17) is 4.74 Å². The Morgan fingerprint density at radius 2 is 1.79 bits per heavy atom. The van der Waals surface area contributed by atoms with Crippen molar-refractivity contribution in [3.8, 4) is 6.07 Å². The van der Waals surface area contributed by atoms with Crippen molar-refractivity contribution in [1.29, 1.82) is 5.26 Å². The highest BCUT2D eigenvalue weighted by Gasteiger charge is 2.26. The van der Waals surface area contributed by atoms with Crippen LogP contribution in [0.2, 0.25) is 0 Å². The van der Waals surface area contributed by atoms with Crippen LogP contribution in [0.1, 0.15) is 28.2 Å². The standard InChI is InChI=1S/C25H25N3O/c1-27-16-22-14-23(28-8-10-29-11-9-28)6-7-24(22)25(17-27)20-5-4-19-3-2-18(15-26)12-21(19)13-20/h2-7,12-14,25H,8-11,16-17H2,1H3. The van der Waals surface area contributed by atoms with Crippen LogP contribution in [0.3, 0.4) is 0 Å². The lowest BCUT2D eigenvalue weighted by Crippen LogP contribution is -2.36. The van der Waals surface area contributed by atoms with E-state index in [1.807, 2.05) is 18.2 Å². The molecule has 1 unspecified atom stereocenters. The van der Waals surface area contributed by atoms with E-state index in [1.165, 1.54) is 27.8 Å². The normalized spacial score (nSPS) is 19.7. The van der Waals surface area contributed by atoms with Crippen molar-refractivity contribution in [3.63, 3.8) is 0 Å². The van der Waals surface area contributed by atoms with E-state index in [9.17, 15) is 5.26 Å². The SMILES string of the molecule is CN1Cc2cc(N3CCOCC3)ccc2C(c2ccc3ccc(C#N)cc3c2)C1. The molecule has 1 atom stereocenters. The van der Waals surface area contributed by atoms with Gasteiger partial charge in [-0.3, -0.25) is 0 Å². The fourth-order valence-corrected chi connectivity index (χ4v) is 4.69. The Kier molecular flexibility index (Phi) is 4.71. The number of anilines is 1. The number of hydrogen-bond donors (Lipinski definition) is 0. The molecule has 2 aliphatic heterocycles. The average Bonchev–Trinajstić information content (AvgIpc) is 2.78. The Morgan fingerprint density at radius 3 is 2.62 bits per heavy atom. The van der Waals surface area contributed by atoms with Crippen molar-refractivity contribution in [2.24, 2.45) is 0 Å². The summed E-state index contributed by atoms with van der Waals surface area (Å²) in [4.78, 5) is 4.83. The lowest BCUT2D eigenvalue weighted by molar-refractivity contribution is 0.122. The van der Waals surface area contributed by atoms with E-state index < -0.39 is 0 Å². The first-order valence-corrected chi connectivity index (χ1v) is 10.3. The highest BCUT2D eigenvalue weighted by molar-refractivity contribution is 5.84. The number of nitriles is 1. The number of likely N-dealkylation sites (N-methyl/N-ethyl adjacent to an activating group) is 1. The van der Waals surface area contributed by atoms with Gasteiger partial charge in [0.25, 0.3) is 0 Å². The minimum atomic E-state index is 0.345. The van der Waals surface area contributed by atoms with E-state index in [1.54, 1.807) is 0 Å². The smallest absolute Gasteiger partial charge is 0.0991 e. The summed E-state index contributed by atoms with van der Waals surface area (Å²) in [7, 11) is 2.20. The Morgan fingerprint density at radius 1 is 0.966 bits per heavy atom. The summed E-state index contributed by atoms with van der Waals surface area (Å²) in [6, 6.07) is 21.8. The first-order chi connectivity index (χ1) is 14.2. The van der Waals surface area contributed by atoms with Crippen molar-refractivity contribution in [1.82, 2.24) is 4.90 Å². The maximum Gasteiger partial charge on any atom is 0.0991 e. The molecule has 2 aliphatic rings. The van der Waals surface area contributed by atoms with Gasteiger partial charge in [-0.2, -0.15) is 5.26 Å². The Hall–Kier alpha value is -2.87. The summed E-state index contributed by atoms with van der Waals surface area (Å²) in [6.45, 7) is 5.53. The van der Waals surface area contributed by atoms with Crippen LogP contribution in [0, 0.1) is 11.3 Å². The number of morpholine rings is 1. The molecule has 4 heteroatoms. The number of hydrogen-bond acceptors (Lipinski definition) is 4. The topological polar surface area (TPSA) is 39.5 Å².